The predicted octanol–water partition coefficient (Wildman–Crippen LogP) is 3.12. The predicted molar refractivity (Wildman–Crippen MR) is 135 cm³/mol. The molecule has 0 spiro atoms. The van der Waals surface area contributed by atoms with Gasteiger partial charge in [-0.1, -0.05) is 29.8 Å². The summed E-state index contributed by atoms with van der Waals surface area (Å²) >= 11 is 5.41. The lowest BCUT2D eigenvalue weighted by Gasteiger charge is -2.35. The first kappa shape index (κ1) is 24.9. The normalized spacial score (nSPS) is 14.9. The lowest BCUT2D eigenvalue weighted by atomic mass is 10.0. The Labute approximate surface area is 210 Å². The SMILES string of the molecule is COc1ccc([C@@H](CNC(=O)Cn2c(-c3cccc(C)c3)n[nH]c2=S)N2CCOCC2)cc1OC. The second-order valence-electron chi connectivity index (χ2n) is 8.39. The third kappa shape index (κ3) is 5.90. The lowest BCUT2D eigenvalue weighted by Crippen LogP contribution is -2.44. The number of carbonyl (C=O) groups excluding carboxylic acids is 1. The van der Waals surface area contributed by atoms with Gasteiger partial charge in [-0.25, -0.2) is 0 Å². The number of morpholine rings is 1. The Balaban J connectivity index is 1.51. The first-order valence-corrected chi connectivity index (χ1v) is 11.9. The van der Waals surface area contributed by atoms with E-state index < -0.39 is 0 Å². The maximum absolute atomic E-state index is 13.0. The molecule has 2 aromatic carbocycles. The minimum atomic E-state index is -0.143. The van der Waals surface area contributed by atoms with E-state index in [9.17, 15) is 4.79 Å². The highest BCUT2D eigenvalue weighted by Gasteiger charge is 2.25. The summed E-state index contributed by atoms with van der Waals surface area (Å²) in [7, 11) is 3.23. The second kappa shape index (κ2) is 11.5. The van der Waals surface area contributed by atoms with Gasteiger partial charge in [0, 0.05) is 25.2 Å². The number of nitrogens with one attached hydrogen (secondary N) is 2. The molecule has 0 aliphatic carbocycles. The van der Waals surface area contributed by atoms with Crippen molar-refractivity contribution in [3.63, 3.8) is 0 Å². The number of amides is 1. The molecule has 9 nitrogen and oxygen atoms in total. The van der Waals surface area contributed by atoms with Crippen LogP contribution in [0.3, 0.4) is 0 Å². The van der Waals surface area contributed by atoms with Gasteiger partial charge >= 0.3 is 0 Å². The molecule has 1 fully saturated rings. The van der Waals surface area contributed by atoms with Crippen molar-refractivity contribution < 1.29 is 19.0 Å². The number of nitrogens with zero attached hydrogens (tertiary/aromatic N) is 3. The van der Waals surface area contributed by atoms with Gasteiger partial charge in [-0.15, -0.1) is 0 Å². The molecule has 186 valence electrons. The maximum atomic E-state index is 13.0. The summed E-state index contributed by atoms with van der Waals surface area (Å²) in [5, 5.41) is 10.3. The lowest BCUT2D eigenvalue weighted by molar-refractivity contribution is -0.122. The summed E-state index contributed by atoms with van der Waals surface area (Å²) in [4.78, 5) is 15.4. The minimum absolute atomic E-state index is 0.0452. The van der Waals surface area contributed by atoms with Crippen LogP contribution < -0.4 is 14.8 Å². The van der Waals surface area contributed by atoms with E-state index >= 15 is 0 Å². The highest BCUT2D eigenvalue weighted by molar-refractivity contribution is 7.71. The van der Waals surface area contributed by atoms with Crippen molar-refractivity contribution in [2.75, 3.05) is 47.1 Å². The number of benzene rings is 2. The fourth-order valence-corrected chi connectivity index (χ4v) is 4.48. The van der Waals surface area contributed by atoms with E-state index in [1.165, 1.54) is 0 Å². The Hall–Kier alpha value is -3.21. The zero-order valence-electron chi connectivity index (χ0n) is 20.2. The number of ether oxygens (including phenoxy) is 3. The van der Waals surface area contributed by atoms with Crippen molar-refractivity contribution in [1.82, 2.24) is 25.0 Å². The van der Waals surface area contributed by atoms with E-state index in [4.69, 9.17) is 26.4 Å². The number of hydrogen-bond donors (Lipinski definition) is 2. The average Bonchev–Trinajstić information content (AvgIpc) is 3.24. The van der Waals surface area contributed by atoms with Crippen molar-refractivity contribution in [3.8, 4) is 22.9 Å². The topological polar surface area (TPSA) is 93.6 Å². The monoisotopic (exact) mass is 497 g/mol. The summed E-state index contributed by atoms with van der Waals surface area (Å²) in [6.07, 6.45) is 0. The van der Waals surface area contributed by atoms with E-state index in [1.807, 2.05) is 49.4 Å². The average molecular weight is 498 g/mol. The van der Waals surface area contributed by atoms with Crippen LogP contribution in [0.15, 0.2) is 42.5 Å². The summed E-state index contributed by atoms with van der Waals surface area (Å²) < 4.78 is 18.6. The van der Waals surface area contributed by atoms with E-state index in [0.717, 1.165) is 29.8 Å². The highest BCUT2D eigenvalue weighted by Crippen LogP contribution is 2.32. The van der Waals surface area contributed by atoms with Gasteiger partial charge in [0.15, 0.2) is 22.1 Å². The first-order valence-electron chi connectivity index (χ1n) is 11.5. The summed E-state index contributed by atoms with van der Waals surface area (Å²) in [6, 6.07) is 13.8. The zero-order valence-corrected chi connectivity index (χ0v) is 21.1. The number of aromatic amines is 1. The van der Waals surface area contributed by atoms with Crippen molar-refractivity contribution in [2.24, 2.45) is 0 Å². The van der Waals surface area contributed by atoms with Gasteiger partial charge in [0.2, 0.25) is 5.91 Å². The summed E-state index contributed by atoms with van der Waals surface area (Å²) in [5.41, 5.74) is 3.04. The molecule has 1 atom stereocenters. The Morgan fingerprint density at radius 2 is 1.94 bits per heavy atom. The molecular formula is C25H31N5O4S. The van der Waals surface area contributed by atoms with Crippen molar-refractivity contribution in [3.05, 3.63) is 58.4 Å². The van der Waals surface area contributed by atoms with E-state index in [-0.39, 0.29) is 18.5 Å². The van der Waals surface area contributed by atoms with Crippen LogP contribution >= 0.6 is 12.2 Å². The molecule has 1 aliphatic heterocycles. The smallest absolute Gasteiger partial charge is 0.240 e. The standard InChI is InChI=1S/C25H31N5O4S/c1-17-5-4-6-19(13-17)24-27-28-25(35)30(24)16-23(31)26-15-20(29-9-11-34-12-10-29)18-7-8-21(32-2)22(14-18)33-3/h4-8,13-14,20H,9-12,15-16H2,1-3H3,(H,26,31)(H,28,35)/t20-/m1/s1. The Morgan fingerprint density at radius 3 is 2.66 bits per heavy atom. The molecule has 2 N–H and O–H groups in total. The molecule has 10 heteroatoms. The summed E-state index contributed by atoms with van der Waals surface area (Å²) in [5.74, 6) is 1.81. The van der Waals surface area contributed by atoms with Crippen LogP contribution in [0.4, 0.5) is 0 Å². The number of hydrogen-bond acceptors (Lipinski definition) is 7. The molecule has 3 aromatic rings. The number of carbonyl (C=O) groups is 1. The second-order valence-corrected chi connectivity index (χ2v) is 8.78. The molecule has 2 heterocycles. The van der Waals surface area contributed by atoms with E-state index in [1.54, 1.807) is 18.8 Å². The van der Waals surface area contributed by atoms with Gasteiger partial charge in [-0.05, 0) is 42.9 Å². The molecule has 0 bridgehead atoms. The van der Waals surface area contributed by atoms with Crippen LogP contribution in [-0.4, -0.2) is 72.6 Å². The van der Waals surface area contributed by atoms with Gasteiger partial charge in [0.05, 0.1) is 33.5 Å². The summed E-state index contributed by atoms with van der Waals surface area (Å²) in [6.45, 7) is 5.38. The van der Waals surface area contributed by atoms with Gasteiger partial charge in [0.1, 0.15) is 6.54 Å². The molecular weight excluding hydrogens is 466 g/mol. The third-order valence-corrected chi connectivity index (χ3v) is 6.42. The molecule has 0 unspecified atom stereocenters. The fourth-order valence-electron chi connectivity index (χ4n) is 4.29. The van der Waals surface area contributed by atoms with Gasteiger partial charge in [-0.3, -0.25) is 19.4 Å². The van der Waals surface area contributed by atoms with Crippen LogP contribution in [0, 0.1) is 11.7 Å². The van der Waals surface area contributed by atoms with E-state index in [0.29, 0.717) is 41.9 Å². The third-order valence-electron chi connectivity index (χ3n) is 6.11. The number of aryl methyl sites for hydroxylation is 1. The minimum Gasteiger partial charge on any atom is -0.493 e. The largest absolute Gasteiger partial charge is 0.493 e. The molecule has 1 aliphatic rings. The molecule has 35 heavy (non-hydrogen) atoms. The van der Waals surface area contributed by atoms with Crippen LogP contribution in [0.25, 0.3) is 11.4 Å². The van der Waals surface area contributed by atoms with Gasteiger partial charge in [-0.2, -0.15) is 5.10 Å². The fraction of sp³-hybridized carbons (Fsp3) is 0.400. The molecule has 1 amide bonds. The highest BCUT2D eigenvalue weighted by atomic mass is 32.1. The maximum Gasteiger partial charge on any atom is 0.240 e. The van der Waals surface area contributed by atoms with Crippen LogP contribution in [0.5, 0.6) is 11.5 Å². The quantitative estimate of drug-likeness (QED) is 0.439. The van der Waals surface area contributed by atoms with Gasteiger partial charge in [0.25, 0.3) is 0 Å². The first-order chi connectivity index (χ1) is 17.0. The number of aromatic nitrogens is 3. The Kier molecular flexibility index (Phi) is 8.17. The molecule has 1 aromatic heterocycles. The van der Waals surface area contributed by atoms with Crippen molar-refractivity contribution in [1.29, 1.82) is 0 Å². The van der Waals surface area contributed by atoms with Crippen molar-refractivity contribution in [2.45, 2.75) is 19.5 Å². The molecule has 1 saturated heterocycles. The van der Waals surface area contributed by atoms with Crippen LogP contribution in [-0.2, 0) is 16.1 Å². The number of H-pyrrole nitrogens is 1. The number of rotatable bonds is 9. The van der Waals surface area contributed by atoms with Crippen LogP contribution in [0.2, 0.25) is 0 Å². The molecule has 0 radical (unpaired) electrons. The van der Waals surface area contributed by atoms with Crippen LogP contribution in [0.1, 0.15) is 17.2 Å². The Bertz CT molecular complexity index is 1220. The molecule has 4 rings (SSSR count). The van der Waals surface area contributed by atoms with Crippen molar-refractivity contribution >= 4 is 18.1 Å². The number of methoxy groups -OCH3 is 2. The Morgan fingerprint density at radius 1 is 1.17 bits per heavy atom. The van der Waals surface area contributed by atoms with Gasteiger partial charge < -0.3 is 19.5 Å². The zero-order chi connectivity index (χ0) is 24.8. The molecule has 0 saturated carbocycles. The van der Waals surface area contributed by atoms with E-state index in [2.05, 4.69) is 20.4 Å².